The summed E-state index contributed by atoms with van der Waals surface area (Å²) in [5.74, 6) is -0.252. The van der Waals surface area contributed by atoms with Gasteiger partial charge < -0.3 is 20.1 Å². The van der Waals surface area contributed by atoms with Gasteiger partial charge in [0, 0.05) is 31.7 Å². The molecular formula is C35H42FN3O3. The van der Waals surface area contributed by atoms with Crippen molar-refractivity contribution in [1.82, 2.24) is 15.5 Å². The van der Waals surface area contributed by atoms with Gasteiger partial charge in [0.25, 0.3) is 0 Å². The molecule has 42 heavy (non-hydrogen) atoms. The van der Waals surface area contributed by atoms with Crippen molar-refractivity contribution >= 4 is 6.09 Å². The van der Waals surface area contributed by atoms with Crippen LogP contribution in [0, 0.1) is 5.82 Å². The highest BCUT2D eigenvalue weighted by Crippen LogP contribution is 2.19. The maximum absolute atomic E-state index is 13.4. The molecule has 0 atom stereocenters. The fourth-order valence-electron chi connectivity index (χ4n) is 4.65. The van der Waals surface area contributed by atoms with Crippen LogP contribution in [0.25, 0.3) is 0 Å². The van der Waals surface area contributed by atoms with E-state index in [1.165, 1.54) is 29.3 Å². The zero-order valence-electron chi connectivity index (χ0n) is 24.3. The van der Waals surface area contributed by atoms with Gasteiger partial charge in [0.15, 0.2) is 0 Å². The molecule has 0 bridgehead atoms. The number of piperidine rings is 1. The molecule has 1 fully saturated rings. The number of likely N-dealkylation sites (tertiary alicyclic amines) is 1. The van der Waals surface area contributed by atoms with Gasteiger partial charge in [-0.25, -0.2) is 9.18 Å². The third-order valence-corrected chi connectivity index (χ3v) is 7.16. The number of hydrogen-bond donors (Lipinski definition) is 3. The molecule has 0 radical (unpaired) electrons. The molecule has 2 aromatic rings. The van der Waals surface area contributed by atoms with E-state index in [-0.39, 0.29) is 17.7 Å². The van der Waals surface area contributed by atoms with Crippen molar-refractivity contribution in [2.24, 2.45) is 0 Å². The van der Waals surface area contributed by atoms with E-state index >= 15 is 0 Å². The Morgan fingerprint density at radius 3 is 2.40 bits per heavy atom. The maximum Gasteiger partial charge on any atom is 0.411 e. The lowest BCUT2D eigenvalue weighted by Crippen LogP contribution is -2.40. The van der Waals surface area contributed by atoms with Gasteiger partial charge in [0.05, 0.1) is 5.70 Å². The van der Waals surface area contributed by atoms with Gasteiger partial charge in [-0.3, -0.25) is 5.32 Å². The second-order valence-electron chi connectivity index (χ2n) is 10.3. The normalized spacial score (nSPS) is 14.5. The van der Waals surface area contributed by atoms with Crippen molar-refractivity contribution in [2.45, 2.75) is 38.3 Å². The Morgan fingerprint density at radius 2 is 1.74 bits per heavy atom. The first-order chi connectivity index (χ1) is 20.3. The molecule has 1 aliphatic heterocycles. The largest absolute Gasteiger partial charge is 0.508 e. The van der Waals surface area contributed by atoms with Crippen molar-refractivity contribution in [1.29, 1.82) is 0 Å². The molecule has 1 amide bonds. The number of ether oxygens (including phenoxy) is 1. The van der Waals surface area contributed by atoms with Crippen LogP contribution < -0.4 is 10.6 Å². The van der Waals surface area contributed by atoms with Gasteiger partial charge in [-0.2, -0.15) is 0 Å². The van der Waals surface area contributed by atoms with Gasteiger partial charge in [-0.15, -0.1) is 0 Å². The molecule has 0 spiro atoms. The molecule has 1 aliphatic rings. The van der Waals surface area contributed by atoms with Crippen molar-refractivity contribution < 1.29 is 19.0 Å². The Balaban J connectivity index is 1.34. The Labute approximate surface area is 249 Å². The van der Waals surface area contributed by atoms with Crippen LogP contribution in [-0.2, 0) is 24.1 Å². The summed E-state index contributed by atoms with van der Waals surface area (Å²) in [7, 11) is 0. The highest BCUT2D eigenvalue weighted by Gasteiger charge is 2.23. The van der Waals surface area contributed by atoms with E-state index in [1.807, 2.05) is 0 Å². The van der Waals surface area contributed by atoms with Crippen LogP contribution in [0.2, 0.25) is 0 Å². The second kappa shape index (κ2) is 16.9. The first-order valence-electron chi connectivity index (χ1n) is 14.2. The number of benzene rings is 2. The van der Waals surface area contributed by atoms with Crippen LogP contribution in [0.1, 0.15) is 29.5 Å². The number of alkyl carbamates (subject to hydrolysis) is 1. The van der Waals surface area contributed by atoms with E-state index in [2.05, 4.69) is 66.1 Å². The van der Waals surface area contributed by atoms with E-state index in [0.29, 0.717) is 29.0 Å². The summed E-state index contributed by atoms with van der Waals surface area (Å²) in [5, 5.41) is 15.9. The van der Waals surface area contributed by atoms with Crippen LogP contribution in [0.15, 0.2) is 116 Å². The number of aromatic hydroxyl groups is 1. The fourth-order valence-corrected chi connectivity index (χ4v) is 4.65. The third kappa shape index (κ3) is 10.7. The summed E-state index contributed by atoms with van der Waals surface area (Å²) >= 11 is 0. The van der Waals surface area contributed by atoms with E-state index in [4.69, 9.17) is 4.74 Å². The minimum absolute atomic E-state index is 0.100. The van der Waals surface area contributed by atoms with Crippen molar-refractivity contribution in [3.8, 4) is 5.75 Å². The van der Waals surface area contributed by atoms with Crippen molar-refractivity contribution in [2.75, 3.05) is 26.2 Å². The Kier molecular flexibility index (Phi) is 13.0. The predicted octanol–water partition coefficient (Wildman–Crippen LogP) is 6.52. The van der Waals surface area contributed by atoms with Gasteiger partial charge in [-0.05, 0) is 78.8 Å². The molecule has 0 saturated carbocycles. The number of carbonyl (C=O) groups excluding carboxylic acids is 1. The summed E-state index contributed by atoms with van der Waals surface area (Å²) in [6, 6.07) is 12.6. The van der Waals surface area contributed by atoms with Crippen LogP contribution in [-0.4, -0.2) is 48.4 Å². The number of phenolic OH excluding ortho intramolecular Hbond substituents is 1. The number of rotatable bonds is 15. The lowest BCUT2D eigenvalue weighted by Gasteiger charge is -2.31. The molecule has 3 N–H and O–H groups in total. The smallest absolute Gasteiger partial charge is 0.411 e. The topological polar surface area (TPSA) is 73.8 Å². The van der Waals surface area contributed by atoms with Crippen LogP contribution in [0.3, 0.4) is 0 Å². The summed E-state index contributed by atoms with van der Waals surface area (Å²) in [5.41, 5.74) is 4.78. The number of hydrogen-bond acceptors (Lipinski definition) is 5. The monoisotopic (exact) mass is 571 g/mol. The SMILES string of the molecule is C=C/C=C\C(=C)C(=C)/C(=C\C=C)NC(=O)OC1CCN(CCc2ccc(CCNCc3cc(F)ccc3O)cc2)CC1. The first kappa shape index (κ1) is 32.3. The summed E-state index contributed by atoms with van der Waals surface area (Å²) in [6.45, 7) is 19.2. The second-order valence-corrected chi connectivity index (χ2v) is 10.3. The first-order valence-corrected chi connectivity index (χ1v) is 14.2. The molecule has 3 rings (SSSR count). The van der Waals surface area contributed by atoms with Gasteiger partial charge in [0.1, 0.15) is 17.7 Å². The zero-order valence-corrected chi connectivity index (χ0v) is 24.3. The molecule has 0 aliphatic carbocycles. The average Bonchev–Trinajstić information content (AvgIpc) is 2.99. The van der Waals surface area contributed by atoms with E-state index in [0.717, 1.165) is 51.9 Å². The number of amides is 1. The molecule has 1 heterocycles. The lowest BCUT2D eigenvalue weighted by molar-refractivity contribution is 0.0527. The Hall–Kier alpha value is -4.20. The number of nitrogens with zero attached hydrogens (tertiary/aromatic N) is 1. The van der Waals surface area contributed by atoms with Gasteiger partial charge in [-0.1, -0.05) is 74.9 Å². The van der Waals surface area contributed by atoms with Crippen LogP contribution in [0.4, 0.5) is 9.18 Å². The molecule has 1 saturated heterocycles. The number of carbonyl (C=O) groups is 1. The van der Waals surface area contributed by atoms with Gasteiger partial charge in [0.2, 0.25) is 0 Å². The molecule has 2 aromatic carbocycles. The molecule has 0 unspecified atom stereocenters. The van der Waals surface area contributed by atoms with Crippen LogP contribution >= 0.6 is 0 Å². The minimum Gasteiger partial charge on any atom is -0.508 e. The highest BCUT2D eigenvalue weighted by molar-refractivity contribution is 5.72. The number of halogens is 1. The third-order valence-electron chi connectivity index (χ3n) is 7.16. The molecule has 222 valence electrons. The highest BCUT2D eigenvalue weighted by atomic mass is 19.1. The Morgan fingerprint density at radius 1 is 1.05 bits per heavy atom. The minimum atomic E-state index is -0.509. The average molecular weight is 572 g/mol. The van der Waals surface area contributed by atoms with Crippen molar-refractivity contribution in [3.05, 3.63) is 139 Å². The molecule has 0 aromatic heterocycles. The fraction of sp³-hybridized carbons (Fsp3) is 0.286. The number of phenols is 1. The lowest BCUT2D eigenvalue weighted by atomic mass is 10.0. The zero-order chi connectivity index (χ0) is 30.3. The maximum atomic E-state index is 13.4. The number of allylic oxidation sites excluding steroid dienone is 6. The van der Waals surface area contributed by atoms with Gasteiger partial charge >= 0.3 is 6.09 Å². The summed E-state index contributed by atoms with van der Waals surface area (Å²) in [6.07, 6.45) is 11.1. The standard InChI is InChI=1S/C35H42FN3O3/c1-5-7-9-26(3)27(4)33(8-6-2)38-35(41)42-32-18-22-39(23-19-32)21-17-29-12-10-28(11-13-29)16-20-37-25-30-24-31(36)14-15-34(30)40/h5-15,24,32,37,40H,1-4,16-23,25H2,(H,38,41)/b9-7-,33-8+. The summed E-state index contributed by atoms with van der Waals surface area (Å²) in [4.78, 5) is 15.0. The quantitative estimate of drug-likeness (QED) is 0.168. The number of nitrogens with one attached hydrogen (secondary N) is 2. The van der Waals surface area contributed by atoms with Crippen LogP contribution in [0.5, 0.6) is 5.75 Å². The Bertz CT molecular complexity index is 1310. The molecule has 6 nitrogen and oxygen atoms in total. The van der Waals surface area contributed by atoms with E-state index in [1.54, 1.807) is 30.4 Å². The van der Waals surface area contributed by atoms with E-state index < -0.39 is 6.09 Å². The molecular weight excluding hydrogens is 529 g/mol. The molecule has 7 heteroatoms. The van der Waals surface area contributed by atoms with E-state index in [9.17, 15) is 14.3 Å². The predicted molar refractivity (Wildman–Crippen MR) is 169 cm³/mol. The summed E-state index contributed by atoms with van der Waals surface area (Å²) < 4.78 is 19.0. The van der Waals surface area contributed by atoms with Crippen molar-refractivity contribution in [3.63, 3.8) is 0 Å².